The lowest BCUT2D eigenvalue weighted by molar-refractivity contribution is 0.0696. The molecule has 3 nitrogen and oxygen atoms in total. The van der Waals surface area contributed by atoms with E-state index in [4.69, 9.17) is 5.11 Å². The van der Waals surface area contributed by atoms with Crippen LogP contribution in [-0.4, -0.2) is 16.1 Å². The van der Waals surface area contributed by atoms with Gasteiger partial charge in [-0.15, -0.1) is 0 Å². The van der Waals surface area contributed by atoms with Crippen molar-refractivity contribution in [3.63, 3.8) is 0 Å². The van der Waals surface area contributed by atoms with E-state index >= 15 is 0 Å². The molecular weight excluding hydrogens is 166 g/mol. The number of aromatic carboxylic acids is 1. The number of aromatic nitrogens is 1. The second kappa shape index (κ2) is 4.12. The van der Waals surface area contributed by atoms with Gasteiger partial charge in [0.25, 0.3) is 0 Å². The Hall–Kier alpha value is -1.25. The van der Waals surface area contributed by atoms with E-state index in [-0.39, 0.29) is 0 Å². The van der Waals surface area contributed by atoms with Crippen molar-refractivity contribution in [2.75, 3.05) is 0 Å². The highest BCUT2D eigenvalue weighted by Gasteiger charge is 2.11. The van der Waals surface area contributed by atoms with Gasteiger partial charge in [0.2, 0.25) is 0 Å². The molecule has 0 spiro atoms. The maximum Gasteiger partial charge on any atom is 0.337 e. The van der Waals surface area contributed by atoms with Gasteiger partial charge in [-0.2, -0.15) is 0 Å². The van der Waals surface area contributed by atoms with Crippen LogP contribution in [-0.2, 0) is 12.8 Å². The Morgan fingerprint density at radius 3 is 2.62 bits per heavy atom. The molecule has 0 fully saturated rings. The number of H-pyrrole nitrogens is 1. The van der Waals surface area contributed by atoms with Gasteiger partial charge < -0.3 is 10.1 Å². The number of rotatable bonds is 4. The summed E-state index contributed by atoms with van der Waals surface area (Å²) in [6.45, 7) is 4.03. The Morgan fingerprint density at radius 1 is 1.54 bits per heavy atom. The van der Waals surface area contributed by atoms with Crippen molar-refractivity contribution in [3.8, 4) is 0 Å². The lowest BCUT2D eigenvalue weighted by Gasteiger charge is -1.93. The normalized spacial score (nSPS) is 10.3. The molecule has 0 aliphatic carbocycles. The number of carboxylic acids is 1. The topological polar surface area (TPSA) is 53.1 Å². The fraction of sp³-hybridized carbons (Fsp3) is 0.500. The molecule has 0 saturated heterocycles. The first kappa shape index (κ1) is 9.84. The van der Waals surface area contributed by atoms with Crippen LogP contribution in [0.3, 0.4) is 0 Å². The standard InChI is InChI=1S/C10H15NO2/c1-3-5-7-6-8(10(12)13)9(4-2)11-7/h6,11H,3-5H2,1-2H3,(H,12,13). The molecule has 0 amide bonds. The number of aromatic amines is 1. The first-order valence-electron chi connectivity index (χ1n) is 4.63. The molecule has 3 heteroatoms. The van der Waals surface area contributed by atoms with Crippen LogP contribution in [0.1, 0.15) is 42.0 Å². The molecule has 13 heavy (non-hydrogen) atoms. The monoisotopic (exact) mass is 181 g/mol. The minimum atomic E-state index is -0.838. The zero-order valence-electron chi connectivity index (χ0n) is 8.05. The zero-order chi connectivity index (χ0) is 9.84. The average Bonchev–Trinajstić information content (AvgIpc) is 2.48. The van der Waals surface area contributed by atoms with Crippen molar-refractivity contribution < 1.29 is 9.90 Å². The van der Waals surface area contributed by atoms with Crippen molar-refractivity contribution in [2.24, 2.45) is 0 Å². The quantitative estimate of drug-likeness (QED) is 0.748. The molecule has 1 aromatic heterocycles. The smallest absolute Gasteiger partial charge is 0.337 e. The summed E-state index contributed by atoms with van der Waals surface area (Å²) in [6, 6.07) is 1.74. The number of carbonyl (C=O) groups is 1. The maximum absolute atomic E-state index is 10.8. The van der Waals surface area contributed by atoms with Crippen molar-refractivity contribution in [1.29, 1.82) is 0 Å². The number of nitrogens with one attached hydrogen (secondary N) is 1. The Morgan fingerprint density at radius 2 is 2.23 bits per heavy atom. The van der Waals surface area contributed by atoms with E-state index in [9.17, 15) is 4.79 Å². The Bertz CT molecular complexity index is 302. The third-order valence-corrected chi connectivity index (χ3v) is 2.06. The summed E-state index contributed by atoms with van der Waals surface area (Å²) in [7, 11) is 0. The van der Waals surface area contributed by atoms with E-state index in [1.807, 2.05) is 6.92 Å². The molecule has 2 N–H and O–H groups in total. The fourth-order valence-electron chi connectivity index (χ4n) is 1.43. The van der Waals surface area contributed by atoms with E-state index in [1.165, 1.54) is 0 Å². The van der Waals surface area contributed by atoms with Crippen LogP contribution < -0.4 is 0 Å². The predicted molar refractivity (Wildman–Crippen MR) is 51.1 cm³/mol. The van der Waals surface area contributed by atoms with Crippen molar-refractivity contribution in [1.82, 2.24) is 4.98 Å². The number of hydrogen-bond acceptors (Lipinski definition) is 1. The van der Waals surface area contributed by atoms with E-state index in [0.29, 0.717) is 5.56 Å². The molecule has 0 aromatic carbocycles. The predicted octanol–water partition coefficient (Wildman–Crippen LogP) is 2.23. The summed E-state index contributed by atoms with van der Waals surface area (Å²) in [6.07, 6.45) is 2.69. The highest BCUT2D eigenvalue weighted by atomic mass is 16.4. The van der Waals surface area contributed by atoms with Crippen LogP contribution >= 0.6 is 0 Å². The van der Waals surface area contributed by atoms with Gasteiger partial charge >= 0.3 is 5.97 Å². The van der Waals surface area contributed by atoms with Gasteiger partial charge in [0.15, 0.2) is 0 Å². The molecule has 0 saturated carbocycles. The fourth-order valence-corrected chi connectivity index (χ4v) is 1.43. The van der Waals surface area contributed by atoms with Gasteiger partial charge in [0.05, 0.1) is 5.56 Å². The van der Waals surface area contributed by atoms with Gasteiger partial charge in [0, 0.05) is 11.4 Å². The van der Waals surface area contributed by atoms with Crippen LogP contribution in [0, 0.1) is 0 Å². The highest BCUT2D eigenvalue weighted by Crippen LogP contribution is 2.13. The lowest BCUT2D eigenvalue weighted by atomic mass is 10.2. The van der Waals surface area contributed by atoms with E-state index in [0.717, 1.165) is 30.7 Å². The van der Waals surface area contributed by atoms with Crippen LogP contribution in [0.4, 0.5) is 0 Å². The van der Waals surface area contributed by atoms with Crippen LogP contribution in [0.2, 0.25) is 0 Å². The molecule has 1 aromatic rings. The number of aryl methyl sites for hydroxylation is 2. The largest absolute Gasteiger partial charge is 0.478 e. The van der Waals surface area contributed by atoms with E-state index in [1.54, 1.807) is 6.07 Å². The number of hydrogen-bond donors (Lipinski definition) is 2. The van der Waals surface area contributed by atoms with Crippen molar-refractivity contribution in [3.05, 3.63) is 23.0 Å². The summed E-state index contributed by atoms with van der Waals surface area (Å²) in [4.78, 5) is 13.9. The molecule has 0 aliphatic heterocycles. The minimum absolute atomic E-state index is 0.422. The summed E-state index contributed by atoms with van der Waals surface area (Å²) in [5.74, 6) is -0.838. The molecule has 72 valence electrons. The minimum Gasteiger partial charge on any atom is -0.478 e. The Balaban J connectivity index is 2.97. The summed E-state index contributed by atoms with van der Waals surface area (Å²) in [5, 5.41) is 8.86. The second-order valence-corrected chi connectivity index (χ2v) is 3.10. The van der Waals surface area contributed by atoms with Gasteiger partial charge in [-0.05, 0) is 18.9 Å². The number of carboxylic acid groups (broad SMARTS) is 1. The van der Waals surface area contributed by atoms with Gasteiger partial charge in [-0.25, -0.2) is 4.79 Å². The molecule has 0 atom stereocenters. The van der Waals surface area contributed by atoms with Gasteiger partial charge in [0.1, 0.15) is 0 Å². The second-order valence-electron chi connectivity index (χ2n) is 3.10. The Labute approximate surface area is 77.8 Å². The third-order valence-electron chi connectivity index (χ3n) is 2.06. The molecular formula is C10H15NO2. The molecule has 0 aliphatic rings. The van der Waals surface area contributed by atoms with Gasteiger partial charge in [-0.1, -0.05) is 20.3 Å². The Kier molecular flexibility index (Phi) is 3.12. The van der Waals surface area contributed by atoms with Crippen LogP contribution in [0.25, 0.3) is 0 Å². The summed E-state index contributed by atoms with van der Waals surface area (Å²) < 4.78 is 0. The highest BCUT2D eigenvalue weighted by molar-refractivity contribution is 5.89. The SMILES string of the molecule is CCCc1cc(C(=O)O)c(CC)[nH]1. The average molecular weight is 181 g/mol. The summed E-state index contributed by atoms with van der Waals surface area (Å²) in [5.41, 5.74) is 2.28. The van der Waals surface area contributed by atoms with E-state index < -0.39 is 5.97 Å². The van der Waals surface area contributed by atoms with Crippen LogP contribution in [0.5, 0.6) is 0 Å². The molecule has 0 radical (unpaired) electrons. The maximum atomic E-state index is 10.8. The summed E-state index contributed by atoms with van der Waals surface area (Å²) >= 11 is 0. The first-order chi connectivity index (χ1) is 6.19. The first-order valence-corrected chi connectivity index (χ1v) is 4.63. The van der Waals surface area contributed by atoms with Crippen LogP contribution in [0.15, 0.2) is 6.07 Å². The molecule has 0 bridgehead atoms. The van der Waals surface area contributed by atoms with Gasteiger partial charge in [-0.3, -0.25) is 0 Å². The molecule has 0 unspecified atom stereocenters. The lowest BCUT2D eigenvalue weighted by Crippen LogP contribution is -1.98. The molecule has 1 rings (SSSR count). The third kappa shape index (κ3) is 2.11. The van der Waals surface area contributed by atoms with Crippen molar-refractivity contribution >= 4 is 5.97 Å². The van der Waals surface area contributed by atoms with Crippen molar-refractivity contribution in [2.45, 2.75) is 33.1 Å². The molecule has 1 heterocycles. The zero-order valence-corrected chi connectivity index (χ0v) is 8.05. The van der Waals surface area contributed by atoms with E-state index in [2.05, 4.69) is 11.9 Å².